The second-order valence-electron chi connectivity index (χ2n) is 9.40. The van der Waals surface area contributed by atoms with E-state index in [9.17, 15) is 0 Å². The number of hydrogen-bond donors (Lipinski definition) is 0. The summed E-state index contributed by atoms with van der Waals surface area (Å²) in [7, 11) is 0. The summed E-state index contributed by atoms with van der Waals surface area (Å²) in [5, 5.41) is 0. The fourth-order valence-electron chi connectivity index (χ4n) is 7.43. The molecule has 0 amide bonds. The maximum Gasteiger partial charge on any atom is -0.0128 e. The second kappa shape index (κ2) is 4.62. The van der Waals surface area contributed by atoms with Crippen LogP contribution in [0.15, 0.2) is 24.3 Å². The molecule has 1 aromatic rings. The largest absolute Gasteiger partial charge is 0.0620 e. The third-order valence-corrected chi connectivity index (χ3v) is 8.25. The van der Waals surface area contributed by atoms with Crippen LogP contribution < -0.4 is 0 Å². The Balaban J connectivity index is 1.50. The van der Waals surface area contributed by atoms with Crippen molar-refractivity contribution in [3.8, 4) is 0 Å². The highest BCUT2D eigenvalue weighted by molar-refractivity contribution is 5.35. The van der Waals surface area contributed by atoms with E-state index in [0.717, 1.165) is 23.2 Å². The Morgan fingerprint density at radius 3 is 2.68 bits per heavy atom. The lowest BCUT2D eigenvalue weighted by atomic mass is 9.56. The van der Waals surface area contributed by atoms with Crippen LogP contribution in [0.4, 0.5) is 0 Å². The van der Waals surface area contributed by atoms with Gasteiger partial charge in [-0.3, -0.25) is 0 Å². The van der Waals surface area contributed by atoms with Crippen LogP contribution in [0.1, 0.15) is 81.8 Å². The Morgan fingerprint density at radius 2 is 1.82 bits per heavy atom. The van der Waals surface area contributed by atoms with Crippen LogP contribution in [0.2, 0.25) is 0 Å². The highest BCUT2D eigenvalue weighted by Gasteiger charge is 2.58. The molecule has 0 aliphatic heterocycles. The Hall–Kier alpha value is -0.780. The number of hydrogen-bond acceptors (Lipinski definition) is 0. The normalized spacial score (nSPS) is 42.0. The molecular formula is C22H30. The summed E-state index contributed by atoms with van der Waals surface area (Å²) in [5.74, 6) is 2.91. The lowest BCUT2D eigenvalue weighted by Crippen LogP contribution is -2.39. The van der Waals surface area contributed by atoms with Crippen LogP contribution in [0.3, 0.4) is 0 Å². The maximum absolute atomic E-state index is 2.67. The van der Waals surface area contributed by atoms with E-state index in [1.807, 2.05) is 0 Å². The van der Waals surface area contributed by atoms with E-state index < -0.39 is 0 Å². The molecule has 3 fully saturated rings. The molecule has 4 unspecified atom stereocenters. The fraction of sp³-hybridized carbons (Fsp3) is 0.727. The molecule has 22 heavy (non-hydrogen) atoms. The summed E-state index contributed by atoms with van der Waals surface area (Å²) in [5.41, 5.74) is 4.84. The average molecular weight is 294 g/mol. The topological polar surface area (TPSA) is 0 Å². The minimum atomic E-state index is 0.678. The van der Waals surface area contributed by atoms with Gasteiger partial charge in [0, 0.05) is 0 Å². The molecule has 118 valence electrons. The van der Waals surface area contributed by atoms with Gasteiger partial charge in [0.05, 0.1) is 0 Å². The van der Waals surface area contributed by atoms with E-state index in [-0.39, 0.29) is 0 Å². The van der Waals surface area contributed by atoms with Crippen LogP contribution in [-0.4, -0.2) is 0 Å². The molecule has 0 saturated heterocycles. The highest BCUT2D eigenvalue weighted by Crippen LogP contribution is 2.68. The molecule has 1 spiro atoms. The van der Waals surface area contributed by atoms with Gasteiger partial charge in [-0.1, -0.05) is 44.0 Å². The number of aryl methyl sites for hydroxylation is 1. The second-order valence-corrected chi connectivity index (χ2v) is 9.40. The minimum absolute atomic E-state index is 0.678. The first-order chi connectivity index (χ1) is 10.7. The molecule has 1 aromatic carbocycles. The minimum Gasteiger partial charge on any atom is -0.0620 e. The van der Waals surface area contributed by atoms with Crippen LogP contribution in [0.5, 0.6) is 0 Å². The van der Waals surface area contributed by atoms with Gasteiger partial charge in [-0.05, 0) is 91.1 Å². The molecule has 4 atom stereocenters. The first-order valence-electron chi connectivity index (χ1n) is 9.77. The first kappa shape index (κ1) is 13.6. The molecule has 0 radical (unpaired) electrons. The van der Waals surface area contributed by atoms with Gasteiger partial charge >= 0.3 is 0 Å². The molecule has 0 N–H and O–H groups in total. The molecule has 0 aromatic heterocycles. The molecule has 0 nitrogen and oxygen atoms in total. The molecule has 0 heterocycles. The van der Waals surface area contributed by atoms with E-state index >= 15 is 0 Å². The third-order valence-electron chi connectivity index (χ3n) is 8.25. The van der Waals surface area contributed by atoms with Gasteiger partial charge in [-0.2, -0.15) is 0 Å². The fourth-order valence-corrected chi connectivity index (χ4v) is 7.43. The molecule has 5 rings (SSSR count). The zero-order valence-corrected chi connectivity index (χ0v) is 14.1. The summed E-state index contributed by atoms with van der Waals surface area (Å²) < 4.78 is 0. The van der Waals surface area contributed by atoms with Gasteiger partial charge in [0.15, 0.2) is 0 Å². The van der Waals surface area contributed by atoms with Crippen molar-refractivity contribution in [3.63, 3.8) is 0 Å². The Kier molecular flexibility index (Phi) is 2.86. The Bertz CT molecular complexity index is 579. The van der Waals surface area contributed by atoms with Crippen molar-refractivity contribution in [2.75, 3.05) is 0 Å². The zero-order valence-electron chi connectivity index (χ0n) is 14.1. The highest BCUT2D eigenvalue weighted by atomic mass is 14.6. The maximum atomic E-state index is 2.67. The number of rotatable bonds is 0. The van der Waals surface area contributed by atoms with Crippen molar-refractivity contribution >= 4 is 0 Å². The molecule has 0 bridgehead atoms. The SMILES string of the molecule is CC12CCC3c4ccccc4CCC3C1CC1(CCCC1)C2. The standard InChI is InChI=1S/C22H30/c1-21-13-10-18-17-7-3-2-6-16(17)8-9-19(18)20(21)14-22(15-21)11-4-5-12-22/h2-3,6-7,18-20H,4-5,8-15H2,1H3. The Morgan fingerprint density at radius 1 is 1.00 bits per heavy atom. The monoisotopic (exact) mass is 294 g/mol. The van der Waals surface area contributed by atoms with Gasteiger partial charge in [-0.15, -0.1) is 0 Å². The summed E-state index contributed by atoms with van der Waals surface area (Å²) in [6, 6.07) is 9.37. The molecule has 4 aliphatic rings. The van der Waals surface area contributed by atoms with Crippen molar-refractivity contribution in [2.45, 2.75) is 77.0 Å². The van der Waals surface area contributed by atoms with E-state index in [4.69, 9.17) is 0 Å². The van der Waals surface area contributed by atoms with Crippen molar-refractivity contribution in [1.29, 1.82) is 0 Å². The Labute approximate surface area is 135 Å². The van der Waals surface area contributed by atoms with Gasteiger partial charge < -0.3 is 0 Å². The predicted molar refractivity (Wildman–Crippen MR) is 92.0 cm³/mol. The van der Waals surface area contributed by atoms with Crippen molar-refractivity contribution < 1.29 is 0 Å². The van der Waals surface area contributed by atoms with Crippen LogP contribution in [0, 0.1) is 22.7 Å². The molecule has 0 heteroatoms. The summed E-state index contributed by atoms with van der Waals surface area (Å²) in [6.07, 6.45) is 15.0. The van der Waals surface area contributed by atoms with Gasteiger partial charge in [0.25, 0.3) is 0 Å². The van der Waals surface area contributed by atoms with E-state index in [2.05, 4.69) is 31.2 Å². The third kappa shape index (κ3) is 1.82. The van der Waals surface area contributed by atoms with E-state index in [1.54, 1.807) is 36.8 Å². The summed E-state index contributed by atoms with van der Waals surface area (Å²) in [4.78, 5) is 0. The lowest BCUT2D eigenvalue weighted by Gasteiger charge is -2.49. The van der Waals surface area contributed by atoms with Gasteiger partial charge in [0.1, 0.15) is 0 Å². The average Bonchev–Trinajstić information content (AvgIpc) is 3.10. The zero-order chi connectivity index (χ0) is 14.8. The number of benzene rings is 1. The van der Waals surface area contributed by atoms with Crippen LogP contribution in [-0.2, 0) is 6.42 Å². The van der Waals surface area contributed by atoms with Crippen molar-refractivity contribution in [3.05, 3.63) is 35.4 Å². The van der Waals surface area contributed by atoms with Gasteiger partial charge in [-0.25, -0.2) is 0 Å². The first-order valence-corrected chi connectivity index (χ1v) is 9.77. The van der Waals surface area contributed by atoms with Crippen molar-refractivity contribution in [1.82, 2.24) is 0 Å². The molecule has 3 saturated carbocycles. The van der Waals surface area contributed by atoms with Crippen molar-refractivity contribution in [2.24, 2.45) is 22.7 Å². The smallest absolute Gasteiger partial charge is 0.0128 e. The van der Waals surface area contributed by atoms with Crippen LogP contribution in [0.25, 0.3) is 0 Å². The van der Waals surface area contributed by atoms with Crippen LogP contribution >= 0.6 is 0 Å². The summed E-state index contributed by atoms with van der Waals surface area (Å²) >= 11 is 0. The quantitative estimate of drug-likeness (QED) is 0.542. The van der Waals surface area contributed by atoms with E-state index in [1.165, 1.54) is 38.5 Å². The molecular weight excluding hydrogens is 264 g/mol. The lowest BCUT2D eigenvalue weighted by molar-refractivity contribution is 0.0597. The van der Waals surface area contributed by atoms with E-state index in [0.29, 0.717) is 5.41 Å². The predicted octanol–water partition coefficient (Wildman–Crippen LogP) is 6.10. The summed E-state index contributed by atoms with van der Waals surface area (Å²) in [6.45, 7) is 2.67. The molecule has 4 aliphatic carbocycles. The number of fused-ring (bicyclic) bond motifs is 5. The van der Waals surface area contributed by atoms with Gasteiger partial charge in [0.2, 0.25) is 0 Å².